The minimum Gasteiger partial charge on any atom is -0.345 e. The van der Waals surface area contributed by atoms with Crippen LogP contribution in [0.1, 0.15) is 48.3 Å². The molecule has 0 aliphatic heterocycles. The summed E-state index contributed by atoms with van der Waals surface area (Å²) in [5, 5.41) is 9.52. The number of nitrogens with zero attached hydrogens (tertiary/aromatic N) is 2. The number of carbonyl (C=O) groups excluding carboxylic acids is 1. The van der Waals surface area contributed by atoms with Crippen LogP contribution < -0.4 is 5.32 Å². The molecule has 0 saturated heterocycles. The lowest BCUT2D eigenvalue weighted by Gasteiger charge is -2.19. The van der Waals surface area contributed by atoms with Gasteiger partial charge in [-0.2, -0.15) is 5.10 Å². The van der Waals surface area contributed by atoms with E-state index in [-0.39, 0.29) is 11.3 Å². The van der Waals surface area contributed by atoms with E-state index in [4.69, 9.17) is 0 Å². The van der Waals surface area contributed by atoms with Crippen LogP contribution in [0.5, 0.6) is 0 Å². The molecule has 1 aromatic heterocycles. The van der Waals surface area contributed by atoms with Gasteiger partial charge in [0.15, 0.2) is 5.82 Å². The Bertz CT molecular complexity index is 593. The van der Waals surface area contributed by atoms with Gasteiger partial charge in [0.05, 0.1) is 6.54 Å². The van der Waals surface area contributed by atoms with Crippen molar-refractivity contribution in [1.29, 1.82) is 0 Å². The Morgan fingerprint density at radius 2 is 1.90 bits per heavy atom. The number of carbonyl (C=O) groups is 1. The molecule has 2 rings (SSSR count). The molecule has 0 spiro atoms. The first kappa shape index (κ1) is 14.2. The van der Waals surface area contributed by atoms with Crippen molar-refractivity contribution in [3.8, 4) is 0 Å². The van der Waals surface area contributed by atoms with Crippen molar-refractivity contribution in [3.63, 3.8) is 0 Å². The third-order valence-electron chi connectivity index (χ3n) is 3.06. The van der Waals surface area contributed by atoms with E-state index in [1.807, 2.05) is 31.2 Å². The van der Waals surface area contributed by atoms with Crippen LogP contribution in [0.3, 0.4) is 0 Å². The predicted molar refractivity (Wildman–Crippen MR) is 77.4 cm³/mol. The van der Waals surface area contributed by atoms with E-state index >= 15 is 0 Å². The van der Waals surface area contributed by atoms with Crippen LogP contribution in [0.25, 0.3) is 0 Å². The number of hydrogen-bond acceptors (Lipinski definition) is 3. The highest BCUT2D eigenvalue weighted by molar-refractivity contribution is 5.94. The van der Waals surface area contributed by atoms with Crippen molar-refractivity contribution in [1.82, 2.24) is 20.5 Å². The van der Waals surface area contributed by atoms with E-state index in [2.05, 4.69) is 41.3 Å². The summed E-state index contributed by atoms with van der Waals surface area (Å²) in [6.45, 7) is 8.59. The number of H-pyrrole nitrogens is 1. The van der Waals surface area contributed by atoms with Gasteiger partial charge < -0.3 is 5.32 Å². The normalized spacial score (nSPS) is 11.4. The molecule has 1 heterocycles. The van der Waals surface area contributed by atoms with Gasteiger partial charge in [0.1, 0.15) is 5.82 Å². The lowest BCUT2D eigenvalue weighted by atomic mass is 9.87. The number of benzene rings is 1. The van der Waals surface area contributed by atoms with Gasteiger partial charge in [-0.25, -0.2) is 4.98 Å². The molecular weight excluding hydrogens is 252 g/mol. The lowest BCUT2D eigenvalue weighted by molar-refractivity contribution is 0.0950. The summed E-state index contributed by atoms with van der Waals surface area (Å²) in [6.07, 6.45) is 0. The maximum Gasteiger partial charge on any atom is 0.251 e. The third-order valence-corrected chi connectivity index (χ3v) is 3.06. The number of aryl methyl sites for hydroxylation is 1. The molecule has 0 bridgehead atoms. The van der Waals surface area contributed by atoms with Crippen LogP contribution >= 0.6 is 0 Å². The maximum atomic E-state index is 12.0. The second-order valence-electron chi connectivity index (χ2n) is 5.85. The number of hydrogen-bond donors (Lipinski definition) is 2. The van der Waals surface area contributed by atoms with Crippen LogP contribution in [-0.2, 0) is 12.0 Å². The molecule has 1 amide bonds. The second-order valence-corrected chi connectivity index (χ2v) is 5.85. The van der Waals surface area contributed by atoms with Crippen LogP contribution in [-0.4, -0.2) is 21.1 Å². The number of aromatic nitrogens is 3. The van der Waals surface area contributed by atoms with Crippen LogP contribution in [0, 0.1) is 6.92 Å². The van der Waals surface area contributed by atoms with Crippen molar-refractivity contribution in [2.75, 3.05) is 0 Å². The molecule has 5 heteroatoms. The van der Waals surface area contributed by atoms with Crippen molar-refractivity contribution in [2.24, 2.45) is 0 Å². The van der Waals surface area contributed by atoms with E-state index < -0.39 is 0 Å². The minimum absolute atomic E-state index is 0.0888. The zero-order chi connectivity index (χ0) is 14.8. The Morgan fingerprint density at radius 1 is 1.25 bits per heavy atom. The van der Waals surface area contributed by atoms with E-state index in [0.29, 0.717) is 17.9 Å². The van der Waals surface area contributed by atoms with Crippen LogP contribution in [0.2, 0.25) is 0 Å². The first-order valence-electron chi connectivity index (χ1n) is 6.63. The molecular formula is C15H20N4O. The molecule has 0 unspecified atom stereocenters. The Kier molecular flexibility index (Phi) is 3.88. The standard InChI is InChI=1S/C15H20N4O/c1-10-17-13(19-18-10)9-16-14(20)11-5-7-12(8-6-11)15(2,3)4/h5-8H,9H2,1-4H3,(H,16,20)(H,17,18,19). The van der Waals surface area contributed by atoms with E-state index in [9.17, 15) is 4.79 Å². The summed E-state index contributed by atoms with van der Waals surface area (Å²) in [6, 6.07) is 7.68. The highest BCUT2D eigenvalue weighted by atomic mass is 16.1. The first-order valence-corrected chi connectivity index (χ1v) is 6.63. The van der Waals surface area contributed by atoms with Gasteiger partial charge in [0.25, 0.3) is 5.91 Å². The summed E-state index contributed by atoms with van der Waals surface area (Å²) >= 11 is 0. The quantitative estimate of drug-likeness (QED) is 0.901. The Morgan fingerprint density at radius 3 is 2.40 bits per heavy atom. The molecule has 5 nitrogen and oxygen atoms in total. The fourth-order valence-corrected chi connectivity index (χ4v) is 1.85. The van der Waals surface area contributed by atoms with Crippen molar-refractivity contribution >= 4 is 5.91 Å². The summed E-state index contributed by atoms with van der Waals surface area (Å²) in [5.41, 5.74) is 1.94. The molecule has 20 heavy (non-hydrogen) atoms. The molecule has 2 N–H and O–H groups in total. The van der Waals surface area contributed by atoms with E-state index in [1.165, 1.54) is 5.56 Å². The van der Waals surface area contributed by atoms with Gasteiger partial charge in [-0.3, -0.25) is 9.89 Å². The second kappa shape index (κ2) is 5.45. The van der Waals surface area contributed by atoms with Crippen LogP contribution in [0.15, 0.2) is 24.3 Å². The molecule has 0 atom stereocenters. The summed E-state index contributed by atoms with van der Waals surface area (Å²) < 4.78 is 0. The molecule has 1 aromatic carbocycles. The maximum absolute atomic E-state index is 12.0. The Hall–Kier alpha value is -2.17. The van der Waals surface area contributed by atoms with Gasteiger partial charge in [-0.05, 0) is 30.0 Å². The molecule has 106 valence electrons. The molecule has 2 aromatic rings. The molecule has 0 radical (unpaired) electrons. The van der Waals surface area contributed by atoms with Gasteiger partial charge in [0.2, 0.25) is 0 Å². The topological polar surface area (TPSA) is 70.7 Å². The molecule has 0 aliphatic rings. The number of amides is 1. The zero-order valence-electron chi connectivity index (χ0n) is 12.3. The number of rotatable bonds is 3. The average Bonchev–Trinajstić information content (AvgIpc) is 2.81. The van der Waals surface area contributed by atoms with E-state index in [0.717, 1.165) is 5.82 Å². The Labute approximate surface area is 118 Å². The predicted octanol–water partition coefficient (Wildman–Crippen LogP) is 2.34. The van der Waals surface area contributed by atoms with Crippen molar-refractivity contribution < 1.29 is 4.79 Å². The third kappa shape index (κ3) is 3.44. The van der Waals surface area contributed by atoms with Crippen molar-refractivity contribution in [2.45, 2.75) is 39.7 Å². The minimum atomic E-state index is -0.118. The molecule has 0 saturated carbocycles. The van der Waals surface area contributed by atoms with E-state index in [1.54, 1.807) is 0 Å². The highest BCUT2D eigenvalue weighted by Gasteiger charge is 2.14. The molecule has 0 fully saturated rings. The summed E-state index contributed by atoms with van der Waals surface area (Å²) in [4.78, 5) is 16.2. The zero-order valence-corrected chi connectivity index (χ0v) is 12.3. The van der Waals surface area contributed by atoms with Crippen molar-refractivity contribution in [3.05, 3.63) is 47.0 Å². The average molecular weight is 272 g/mol. The summed E-state index contributed by atoms with van der Waals surface area (Å²) in [7, 11) is 0. The monoisotopic (exact) mass is 272 g/mol. The van der Waals surface area contributed by atoms with Gasteiger partial charge in [-0.15, -0.1) is 0 Å². The van der Waals surface area contributed by atoms with Crippen LogP contribution in [0.4, 0.5) is 0 Å². The fraction of sp³-hybridized carbons (Fsp3) is 0.400. The summed E-state index contributed by atoms with van der Waals surface area (Å²) in [5.74, 6) is 1.21. The van der Waals surface area contributed by atoms with Gasteiger partial charge in [-0.1, -0.05) is 32.9 Å². The lowest BCUT2D eigenvalue weighted by Crippen LogP contribution is -2.23. The molecule has 0 aliphatic carbocycles. The first-order chi connectivity index (χ1) is 9.36. The van der Waals surface area contributed by atoms with Gasteiger partial charge >= 0.3 is 0 Å². The number of nitrogens with one attached hydrogen (secondary N) is 2. The smallest absolute Gasteiger partial charge is 0.251 e. The Balaban J connectivity index is 1.99. The van der Waals surface area contributed by atoms with Gasteiger partial charge in [0, 0.05) is 5.56 Å². The number of aromatic amines is 1. The highest BCUT2D eigenvalue weighted by Crippen LogP contribution is 2.22. The SMILES string of the molecule is Cc1nc(CNC(=O)c2ccc(C(C)(C)C)cc2)n[nH]1. The fourth-order valence-electron chi connectivity index (χ4n) is 1.85. The largest absolute Gasteiger partial charge is 0.345 e.